The maximum atomic E-state index is 12.5. The number of nitrogens with zero attached hydrogens (tertiary/aromatic N) is 1. The van der Waals surface area contributed by atoms with Crippen LogP contribution in [-0.4, -0.2) is 36.6 Å². The number of nitrogens with one attached hydrogen (secondary N) is 1. The van der Waals surface area contributed by atoms with Gasteiger partial charge in [0.15, 0.2) is 0 Å². The zero-order valence-corrected chi connectivity index (χ0v) is 11.6. The number of rotatable bonds is 4. The Bertz CT molecular complexity index is 478. The number of benzene rings is 1. The summed E-state index contributed by atoms with van der Waals surface area (Å²) in [5.41, 5.74) is 1.73. The molecule has 2 N–H and O–H groups in total. The van der Waals surface area contributed by atoms with Crippen LogP contribution in [0.15, 0.2) is 24.3 Å². The summed E-state index contributed by atoms with van der Waals surface area (Å²) in [7, 11) is 0. The second-order valence-corrected chi connectivity index (χ2v) is 5.20. The van der Waals surface area contributed by atoms with E-state index in [-0.39, 0.29) is 18.4 Å². The zero-order chi connectivity index (χ0) is 14.5. The highest BCUT2D eigenvalue weighted by atomic mass is 16.4. The molecule has 20 heavy (non-hydrogen) atoms. The highest BCUT2D eigenvalue weighted by Crippen LogP contribution is 2.20. The number of anilines is 1. The van der Waals surface area contributed by atoms with Crippen LogP contribution in [0.1, 0.15) is 18.4 Å². The van der Waals surface area contributed by atoms with Gasteiger partial charge < -0.3 is 15.3 Å². The third-order valence-corrected chi connectivity index (χ3v) is 3.55. The molecular formula is C15H20N2O3. The average molecular weight is 276 g/mol. The van der Waals surface area contributed by atoms with Crippen molar-refractivity contribution in [2.45, 2.75) is 19.8 Å². The molecule has 1 aromatic rings. The zero-order valence-electron chi connectivity index (χ0n) is 11.6. The lowest BCUT2D eigenvalue weighted by molar-refractivity contribution is -0.137. The third-order valence-electron chi connectivity index (χ3n) is 3.55. The number of carbonyl (C=O) groups is 2. The van der Waals surface area contributed by atoms with Crippen molar-refractivity contribution in [2.75, 3.05) is 24.5 Å². The van der Waals surface area contributed by atoms with Crippen LogP contribution in [0, 0.1) is 12.8 Å². The predicted molar refractivity (Wildman–Crippen MR) is 76.8 cm³/mol. The first-order chi connectivity index (χ1) is 9.58. The van der Waals surface area contributed by atoms with Gasteiger partial charge in [-0.15, -0.1) is 0 Å². The molecule has 1 amide bonds. The van der Waals surface area contributed by atoms with Crippen molar-refractivity contribution in [3.8, 4) is 0 Å². The Morgan fingerprint density at radius 1 is 1.35 bits per heavy atom. The predicted octanol–water partition coefficient (Wildman–Crippen LogP) is 1.41. The fourth-order valence-corrected chi connectivity index (χ4v) is 2.44. The summed E-state index contributed by atoms with van der Waals surface area (Å²) >= 11 is 0. The first-order valence-corrected chi connectivity index (χ1v) is 6.88. The van der Waals surface area contributed by atoms with Gasteiger partial charge in [0.05, 0.1) is 5.92 Å². The van der Waals surface area contributed by atoms with Crippen LogP contribution in [-0.2, 0) is 9.59 Å². The lowest BCUT2D eigenvalue weighted by Gasteiger charge is -2.28. The van der Waals surface area contributed by atoms with E-state index in [1.54, 1.807) is 12.1 Å². The van der Waals surface area contributed by atoms with E-state index < -0.39 is 5.97 Å². The SMILES string of the molecule is Cc1ccc(N(CC(=O)O)C(=O)C2CCCNC2)cc1. The monoisotopic (exact) mass is 276 g/mol. The van der Waals surface area contributed by atoms with E-state index in [1.807, 2.05) is 19.1 Å². The van der Waals surface area contributed by atoms with Crippen LogP contribution in [0.3, 0.4) is 0 Å². The molecule has 0 saturated carbocycles. The van der Waals surface area contributed by atoms with E-state index in [4.69, 9.17) is 5.11 Å². The van der Waals surface area contributed by atoms with E-state index >= 15 is 0 Å². The minimum atomic E-state index is -0.998. The minimum Gasteiger partial charge on any atom is -0.480 e. The van der Waals surface area contributed by atoms with Crippen LogP contribution in [0.25, 0.3) is 0 Å². The summed E-state index contributed by atoms with van der Waals surface area (Å²) in [5, 5.41) is 12.2. The van der Waals surface area contributed by atoms with Gasteiger partial charge in [-0.3, -0.25) is 9.59 Å². The molecular weight excluding hydrogens is 256 g/mol. The number of piperidine rings is 1. The number of carbonyl (C=O) groups excluding carboxylic acids is 1. The maximum Gasteiger partial charge on any atom is 0.323 e. The van der Waals surface area contributed by atoms with Gasteiger partial charge in [0.25, 0.3) is 0 Å². The van der Waals surface area contributed by atoms with Crippen molar-refractivity contribution in [2.24, 2.45) is 5.92 Å². The number of carboxylic acid groups (broad SMARTS) is 1. The fourth-order valence-electron chi connectivity index (χ4n) is 2.44. The highest BCUT2D eigenvalue weighted by molar-refractivity contribution is 5.98. The molecule has 0 bridgehead atoms. The molecule has 1 fully saturated rings. The Morgan fingerprint density at radius 3 is 2.60 bits per heavy atom. The molecule has 1 saturated heterocycles. The van der Waals surface area contributed by atoms with Crippen LogP contribution in [0.2, 0.25) is 0 Å². The van der Waals surface area contributed by atoms with Crippen LogP contribution >= 0.6 is 0 Å². The topological polar surface area (TPSA) is 69.6 Å². The Morgan fingerprint density at radius 2 is 2.05 bits per heavy atom. The molecule has 2 rings (SSSR count). The molecule has 1 aliphatic heterocycles. The Labute approximate surface area is 118 Å². The summed E-state index contributed by atoms with van der Waals surface area (Å²) in [6, 6.07) is 7.37. The molecule has 5 nitrogen and oxygen atoms in total. The maximum absolute atomic E-state index is 12.5. The van der Waals surface area contributed by atoms with Gasteiger partial charge in [0.1, 0.15) is 6.54 Å². The van der Waals surface area contributed by atoms with Crippen LogP contribution in [0.4, 0.5) is 5.69 Å². The largest absolute Gasteiger partial charge is 0.480 e. The summed E-state index contributed by atoms with van der Waals surface area (Å²) in [6.07, 6.45) is 1.76. The van der Waals surface area contributed by atoms with E-state index in [1.165, 1.54) is 4.90 Å². The van der Waals surface area contributed by atoms with Gasteiger partial charge in [-0.2, -0.15) is 0 Å². The molecule has 0 radical (unpaired) electrons. The second kappa shape index (κ2) is 6.52. The van der Waals surface area contributed by atoms with Gasteiger partial charge in [-0.05, 0) is 38.4 Å². The van der Waals surface area contributed by atoms with Crippen LogP contribution < -0.4 is 10.2 Å². The number of carboxylic acids is 1. The molecule has 1 aromatic carbocycles. The lowest BCUT2D eigenvalue weighted by atomic mass is 9.97. The molecule has 0 aliphatic carbocycles. The van der Waals surface area contributed by atoms with Gasteiger partial charge >= 0.3 is 5.97 Å². The average Bonchev–Trinajstić information content (AvgIpc) is 2.46. The molecule has 1 unspecified atom stereocenters. The van der Waals surface area contributed by atoms with Crippen LogP contribution in [0.5, 0.6) is 0 Å². The fraction of sp³-hybridized carbons (Fsp3) is 0.467. The highest BCUT2D eigenvalue weighted by Gasteiger charge is 2.28. The summed E-state index contributed by atoms with van der Waals surface area (Å²) in [5.74, 6) is -1.24. The van der Waals surface area contributed by atoms with E-state index in [0.29, 0.717) is 12.2 Å². The smallest absolute Gasteiger partial charge is 0.323 e. The van der Waals surface area contributed by atoms with E-state index in [2.05, 4.69) is 5.32 Å². The van der Waals surface area contributed by atoms with Gasteiger partial charge in [0, 0.05) is 12.2 Å². The standard InChI is InChI=1S/C15H20N2O3/c1-11-4-6-13(7-5-11)17(10-14(18)19)15(20)12-3-2-8-16-9-12/h4-7,12,16H,2-3,8-10H2,1H3,(H,18,19). The molecule has 1 heterocycles. The first kappa shape index (κ1) is 14.5. The molecule has 0 spiro atoms. The van der Waals surface area contributed by atoms with Crippen molar-refractivity contribution in [3.05, 3.63) is 29.8 Å². The van der Waals surface area contributed by atoms with Crippen molar-refractivity contribution in [1.29, 1.82) is 0 Å². The summed E-state index contributed by atoms with van der Waals surface area (Å²) in [6.45, 7) is 3.21. The Hall–Kier alpha value is -1.88. The van der Waals surface area contributed by atoms with Crippen molar-refractivity contribution in [3.63, 3.8) is 0 Å². The van der Waals surface area contributed by atoms with Crippen molar-refractivity contribution in [1.82, 2.24) is 5.32 Å². The number of hydrogen-bond donors (Lipinski definition) is 2. The van der Waals surface area contributed by atoms with Crippen molar-refractivity contribution < 1.29 is 14.7 Å². The molecule has 1 aliphatic rings. The minimum absolute atomic E-state index is 0.108. The van der Waals surface area contributed by atoms with Gasteiger partial charge in [0.2, 0.25) is 5.91 Å². The summed E-state index contributed by atoms with van der Waals surface area (Å²) < 4.78 is 0. The number of aliphatic carboxylic acids is 1. The Balaban J connectivity index is 2.19. The number of aryl methyl sites for hydroxylation is 1. The van der Waals surface area contributed by atoms with E-state index in [0.717, 1.165) is 24.9 Å². The molecule has 1 atom stereocenters. The van der Waals surface area contributed by atoms with Gasteiger partial charge in [-0.1, -0.05) is 17.7 Å². The van der Waals surface area contributed by atoms with Crippen molar-refractivity contribution >= 4 is 17.6 Å². The normalized spacial score (nSPS) is 18.6. The summed E-state index contributed by atoms with van der Waals surface area (Å²) in [4.78, 5) is 24.9. The third kappa shape index (κ3) is 3.57. The quantitative estimate of drug-likeness (QED) is 0.872. The second-order valence-electron chi connectivity index (χ2n) is 5.20. The molecule has 0 aromatic heterocycles. The lowest BCUT2D eigenvalue weighted by Crippen LogP contribution is -2.45. The van der Waals surface area contributed by atoms with E-state index in [9.17, 15) is 9.59 Å². The Kier molecular flexibility index (Phi) is 4.74. The number of amides is 1. The molecule has 108 valence electrons. The first-order valence-electron chi connectivity index (χ1n) is 6.88. The molecule has 5 heteroatoms. The number of hydrogen-bond acceptors (Lipinski definition) is 3. The van der Waals surface area contributed by atoms with Gasteiger partial charge in [-0.25, -0.2) is 0 Å².